The Morgan fingerprint density at radius 3 is 2.59 bits per heavy atom. The summed E-state index contributed by atoms with van der Waals surface area (Å²) in [5.41, 5.74) is 0.420. The minimum atomic E-state index is -1.18. The molecule has 0 spiro atoms. The van der Waals surface area contributed by atoms with E-state index in [2.05, 4.69) is 4.74 Å². The molecule has 0 bridgehead atoms. The van der Waals surface area contributed by atoms with Gasteiger partial charge in [0.15, 0.2) is 18.1 Å². The van der Waals surface area contributed by atoms with E-state index in [1.165, 1.54) is 25.3 Å². The number of hydrogen-bond acceptors (Lipinski definition) is 8. The van der Waals surface area contributed by atoms with Crippen LogP contribution < -0.4 is 9.47 Å². The maximum absolute atomic E-state index is 12.3. The number of carbonyl (C=O) groups excluding carboxylic acids is 3. The van der Waals surface area contributed by atoms with Crippen LogP contribution in [0.25, 0.3) is 6.08 Å². The molecule has 0 atom stereocenters. The molecule has 0 radical (unpaired) electrons. The topological polar surface area (TPSA) is 119 Å². The molecule has 1 N–H and O–H groups in total. The van der Waals surface area contributed by atoms with E-state index in [0.717, 1.165) is 12.0 Å². The molecule has 1 heterocycles. The number of imide groups is 1. The lowest BCUT2D eigenvalue weighted by atomic mass is 10.1. The van der Waals surface area contributed by atoms with Crippen LogP contribution in [-0.2, 0) is 19.1 Å². The Hall–Kier alpha value is -2.72. The van der Waals surface area contributed by atoms with E-state index in [1.54, 1.807) is 0 Å². The van der Waals surface area contributed by atoms with E-state index in [0.29, 0.717) is 17.3 Å². The molecule has 0 aliphatic carbocycles. The van der Waals surface area contributed by atoms with Crippen LogP contribution in [-0.4, -0.2) is 60.5 Å². The molecule has 0 aromatic heterocycles. The van der Waals surface area contributed by atoms with Crippen LogP contribution in [0.4, 0.5) is 4.79 Å². The summed E-state index contributed by atoms with van der Waals surface area (Å²) < 4.78 is 14.7. The fourth-order valence-corrected chi connectivity index (χ4v) is 3.19. The highest BCUT2D eigenvalue weighted by molar-refractivity contribution is 8.18. The lowest BCUT2D eigenvalue weighted by Gasteiger charge is -2.12. The van der Waals surface area contributed by atoms with Crippen molar-refractivity contribution in [2.75, 3.05) is 27.4 Å². The molecule has 9 nitrogen and oxygen atoms in total. The number of carboxylic acids is 1. The van der Waals surface area contributed by atoms with Gasteiger partial charge in [-0.2, -0.15) is 0 Å². The minimum Gasteiger partial charge on any atom is -0.493 e. The summed E-state index contributed by atoms with van der Waals surface area (Å²) >= 11 is 6.77. The van der Waals surface area contributed by atoms with E-state index in [-0.39, 0.29) is 21.4 Å². The third kappa shape index (κ3) is 4.92. The lowest BCUT2D eigenvalue weighted by molar-refractivity contribution is -0.143. The maximum Gasteiger partial charge on any atom is 0.341 e. The van der Waals surface area contributed by atoms with Gasteiger partial charge in [0.2, 0.25) is 0 Å². The molecule has 144 valence electrons. The summed E-state index contributed by atoms with van der Waals surface area (Å²) in [4.78, 5) is 47.0. The molecular formula is C16H14ClNO8S. The normalized spacial score (nSPS) is 15.2. The van der Waals surface area contributed by atoms with Gasteiger partial charge >= 0.3 is 11.9 Å². The number of methoxy groups -OCH3 is 2. The molecule has 1 saturated heterocycles. The van der Waals surface area contributed by atoms with Gasteiger partial charge in [0.25, 0.3) is 11.1 Å². The highest BCUT2D eigenvalue weighted by atomic mass is 35.5. The molecule has 2 rings (SSSR count). The highest BCUT2D eigenvalue weighted by Gasteiger charge is 2.36. The van der Waals surface area contributed by atoms with E-state index in [4.69, 9.17) is 26.2 Å². The Morgan fingerprint density at radius 2 is 2.00 bits per heavy atom. The van der Waals surface area contributed by atoms with Crippen molar-refractivity contribution in [1.82, 2.24) is 4.90 Å². The molecule has 2 amide bonds. The zero-order valence-corrected chi connectivity index (χ0v) is 15.8. The molecule has 11 heteroatoms. The van der Waals surface area contributed by atoms with Crippen molar-refractivity contribution in [3.8, 4) is 11.5 Å². The fraction of sp³-hybridized carbons (Fsp3) is 0.250. The standard InChI is InChI=1S/C16H14ClNO8S/c1-24-10-4-8(3-9(17)14(10)26-7-12(19)20)5-11-15(22)18(16(23)27-11)6-13(21)25-2/h3-5H,6-7H2,1-2H3,(H,19,20). The first-order valence-electron chi connectivity index (χ1n) is 7.31. The lowest BCUT2D eigenvalue weighted by Crippen LogP contribution is -2.34. The van der Waals surface area contributed by atoms with Crippen molar-refractivity contribution in [3.05, 3.63) is 27.6 Å². The number of amides is 2. The first kappa shape index (κ1) is 20.6. The van der Waals surface area contributed by atoms with Crippen LogP contribution >= 0.6 is 23.4 Å². The molecule has 27 heavy (non-hydrogen) atoms. The van der Waals surface area contributed by atoms with Gasteiger partial charge in [-0.15, -0.1) is 0 Å². The molecule has 0 saturated carbocycles. The Kier molecular flexibility index (Phi) is 6.70. The van der Waals surface area contributed by atoms with Gasteiger partial charge in [-0.25, -0.2) is 4.79 Å². The number of halogens is 1. The van der Waals surface area contributed by atoms with E-state index in [1.807, 2.05) is 0 Å². The number of aliphatic carboxylic acids is 1. The third-order valence-corrected chi connectivity index (χ3v) is 4.47. The Bertz CT molecular complexity index is 838. The van der Waals surface area contributed by atoms with Crippen molar-refractivity contribution in [1.29, 1.82) is 0 Å². The average Bonchev–Trinajstić information content (AvgIpc) is 2.87. The minimum absolute atomic E-state index is 0.0394. The number of hydrogen-bond donors (Lipinski definition) is 1. The van der Waals surface area contributed by atoms with Gasteiger partial charge in [0.05, 0.1) is 24.1 Å². The Labute approximate surface area is 162 Å². The maximum atomic E-state index is 12.3. The number of benzene rings is 1. The molecule has 1 aromatic rings. The van der Waals surface area contributed by atoms with Crippen molar-refractivity contribution in [2.45, 2.75) is 0 Å². The van der Waals surface area contributed by atoms with Gasteiger partial charge in [-0.3, -0.25) is 19.3 Å². The van der Waals surface area contributed by atoms with E-state index < -0.39 is 36.2 Å². The van der Waals surface area contributed by atoms with Gasteiger partial charge in [0, 0.05) is 0 Å². The van der Waals surface area contributed by atoms with Crippen LogP contribution in [0.5, 0.6) is 11.5 Å². The van der Waals surface area contributed by atoms with Crippen molar-refractivity contribution >= 4 is 52.5 Å². The second-order valence-electron chi connectivity index (χ2n) is 5.06. The van der Waals surface area contributed by atoms with E-state index in [9.17, 15) is 19.2 Å². The number of rotatable bonds is 7. The summed E-state index contributed by atoms with van der Waals surface area (Å²) in [7, 11) is 2.49. The zero-order chi connectivity index (χ0) is 20.1. The summed E-state index contributed by atoms with van der Waals surface area (Å²) in [6.07, 6.45) is 1.40. The van der Waals surface area contributed by atoms with E-state index >= 15 is 0 Å². The number of esters is 1. The molecule has 1 aromatic carbocycles. The zero-order valence-electron chi connectivity index (χ0n) is 14.2. The quantitative estimate of drug-likeness (QED) is 0.526. The van der Waals surface area contributed by atoms with Gasteiger partial charge in [0.1, 0.15) is 6.54 Å². The van der Waals surface area contributed by atoms with Crippen LogP contribution in [0, 0.1) is 0 Å². The molecular weight excluding hydrogens is 402 g/mol. The summed E-state index contributed by atoms with van der Waals surface area (Å²) in [6, 6.07) is 2.90. The Balaban J connectivity index is 2.29. The molecule has 1 aliphatic rings. The van der Waals surface area contributed by atoms with Crippen LogP contribution in [0.1, 0.15) is 5.56 Å². The number of carboxylic acid groups (broad SMARTS) is 1. The SMILES string of the molecule is COC(=O)CN1C(=O)SC(=Cc2cc(Cl)c(OCC(=O)O)c(OC)c2)C1=O. The monoisotopic (exact) mass is 415 g/mol. The molecule has 0 unspecified atom stereocenters. The van der Waals surface area contributed by atoms with Crippen molar-refractivity contribution in [3.63, 3.8) is 0 Å². The first-order chi connectivity index (χ1) is 12.8. The fourth-order valence-electron chi connectivity index (χ4n) is 2.08. The Morgan fingerprint density at radius 1 is 1.30 bits per heavy atom. The first-order valence-corrected chi connectivity index (χ1v) is 8.50. The summed E-state index contributed by atoms with van der Waals surface area (Å²) in [5.74, 6) is -2.35. The second kappa shape index (κ2) is 8.78. The molecule has 1 aliphatic heterocycles. The number of carbonyl (C=O) groups is 4. The van der Waals surface area contributed by atoms with Crippen LogP contribution in [0.2, 0.25) is 5.02 Å². The van der Waals surface area contributed by atoms with Crippen molar-refractivity contribution < 1.29 is 38.5 Å². The highest BCUT2D eigenvalue weighted by Crippen LogP contribution is 2.38. The van der Waals surface area contributed by atoms with Gasteiger partial charge in [-0.1, -0.05) is 11.6 Å². The number of ether oxygens (including phenoxy) is 3. The predicted octanol–water partition coefficient (Wildman–Crippen LogP) is 2.02. The van der Waals surface area contributed by atoms with Gasteiger partial charge < -0.3 is 19.3 Å². The number of nitrogens with zero attached hydrogens (tertiary/aromatic N) is 1. The summed E-state index contributed by atoms with van der Waals surface area (Å²) in [5, 5.41) is 8.17. The van der Waals surface area contributed by atoms with Crippen LogP contribution in [0.3, 0.4) is 0 Å². The van der Waals surface area contributed by atoms with Gasteiger partial charge in [-0.05, 0) is 35.5 Å². The van der Waals surface area contributed by atoms with Crippen LogP contribution in [0.15, 0.2) is 17.0 Å². The summed E-state index contributed by atoms with van der Waals surface area (Å²) in [6.45, 7) is -1.09. The smallest absolute Gasteiger partial charge is 0.341 e. The predicted molar refractivity (Wildman–Crippen MR) is 95.8 cm³/mol. The average molecular weight is 416 g/mol. The van der Waals surface area contributed by atoms with Crippen molar-refractivity contribution in [2.24, 2.45) is 0 Å². The largest absolute Gasteiger partial charge is 0.493 e. The number of thioether (sulfide) groups is 1. The second-order valence-corrected chi connectivity index (χ2v) is 6.46. The third-order valence-electron chi connectivity index (χ3n) is 3.28. The molecule has 1 fully saturated rings.